The number of pyridine rings is 1. The first-order valence-electron chi connectivity index (χ1n) is 4.91. The number of benzene rings is 1. The van der Waals surface area contributed by atoms with Crippen LogP contribution >= 0.6 is 11.8 Å². The number of nitrogens with zero attached hydrogens (tertiary/aromatic N) is 1. The van der Waals surface area contributed by atoms with Gasteiger partial charge in [0.1, 0.15) is 16.7 Å². The number of hydrogen-bond donors (Lipinski definition) is 1. The molecule has 0 unspecified atom stereocenters. The van der Waals surface area contributed by atoms with Gasteiger partial charge in [-0.1, -0.05) is 11.8 Å². The zero-order chi connectivity index (χ0) is 12.4. The van der Waals surface area contributed by atoms with E-state index in [4.69, 9.17) is 5.73 Å². The molecule has 0 saturated carbocycles. The van der Waals surface area contributed by atoms with E-state index in [0.717, 1.165) is 35.5 Å². The van der Waals surface area contributed by atoms with Crippen LogP contribution in [0, 0.1) is 18.6 Å². The van der Waals surface area contributed by atoms with Crippen molar-refractivity contribution in [3.05, 3.63) is 47.7 Å². The molecule has 0 saturated heterocycles. The second-order valence-corrected chi connectivity index (χ2v) is 4.61. The molecule has 0 bridgehead atoms. The Morgan fingerprint density at radius 1 is 1.24 bits per heavy atom. The second kappa shape index (κ2) is 4.71. The lowest BCUT2D eigenvalue weighted by atomic mass is 10.3. The van der Waals surface area contributed by atoms with Crippen LogP contribution in [0.1, 0.15) is 5.56 Å². The number of aromatic nitrogens is 1. The lowest BCUT2D eigenvalue weighted by Crippen LogP contribution is -1.93. The van der Waals surface area contributed by atoms with Crippen molar-refractivity contribution in [2.24, 2.45) is 0 Å². The molecule has 0 amide bonds. The summed E-state index contributed by atoms with van der Waals surface area (Å²) in [5.41, 5.74) is 7.14. The molecule has 0 radical (unpaired) electrons. The molecule has 1 heterocycles. The van der Waals surface area contributed by atoms with Gasteiger partial charge >= 0.3 is 0 Å². The Balaban J connectivity index is 2.34. The highest BCUT2D eigenvalue weighted by Crippen LogP contribution is 2.32. The Morgan fingerprint density at radius 2 is 2.00 bits per heavy atom. The van der Waals surface area contributed by atoms with E-state index in [0.29, 0.717) is 10.7 Å². The molecule has 2 N–H and O–H groups in total. The highest BCUT2D eigenvalue weighted by Gasteiger charge is 2.09. The highest BCUT2D eigenvalue weighted by atomic mass is 32.2. The van der Waals surface area contributed by atoms with E-state index in [1.165, 1.54) is 0 Å². The van der Waals surface area contributed by atoms with E-state index in [1.807, 2.05) is 6.92 Å². The molecule has 0 fully saturated rings. The van der Waals surface area contributed by atoms with Gasteiger partial charge < -0.3 is 5.73 Å². The van der Waals surface area contributed by atoms with E-state index in [1.54, 1.807) is 12.3 Å². The zero-order valence-electron chi connectivity index (χ0n) is 9.08. The fourth-order valence-electron chi connectivity index (χ4n) is 1.32. The van der Waals surface area contributed by atoms with Gasteiger partial charge in [-0.3, -0.25) is 0 Å². The summed E-state index contributed by atoms with van der Waals surface area (Å²) in [5, 5.41) is 0.472. The molecule has 2 aromatic rings. The molecule has 2 rings (SSSR count). The molecule has 0 aliphatic carbocycles. The summed E-state index contributed by atoms with van der Waals surface area (Å²) >= 11 is 1.01. The Morgan fingerprint density at radius 3 is 2.71 bits per heavy atom. The van der Waals surface area contributed by atoms with Crippen LogP contribution in [-0.2, 0) is 0 Å². The maximum Gasteiger partial charge on any atom is 0.137 e. The smallest absolute Gasteiger partial charge is 0.137 e. The third-order valence-electron chi connectivity index (χ3n) is 2.12. The van der Waals surface area contributed by atoms with Crippen LogP contribution in [0.2, 0.25) is 0 Å². The molecule has 1 aromatic heterocycles. The fourth-order valence-corrected chi connectivity index (χ4v) is 2.15. The number of nitrogens with two attached hydrogens (primary N) is 1. The Hall–Kier alpha value is -1.62. The second-order valence-electron chi connectivity index (χ2n) is 3.58. The highest BCUT2D eigenvalue weighted by molar-refractivity contribution is 7.99. The van der Waals surface area contributed by atoms with Crippen LogP contribution in [0.25, 0.3) is 0 Å². The molecule has 0 aliphatic heterocycles. The van der Waals surface area contributed by atoms with Crippen molar-refractivity contribution in [1.29, 1.82) is 0 Å². The Labute approximate surface area is 102 Å². The predicted molar refractivity (Wildman–Crippen MR) is 63.9 cm³/mol. The number of anilines is 1. The Bertz CT molecular complexity index is 558. The first kappa shape index (κ1) is 11.9. The third-order valence-corrected chi connectivity index (χ3v) is 3.18. The maximum absolute atomic E-state index is 13.4. The quantitative estimate of drug-likeness (QED) is 0.890. The van der Waals surface area contributed by atoms with E-state index < -0.39 is 11.6 Å². The predicted octanol–water partition coefficient (Wildman–Crippen LogP) is 3.40. The minimum Gasteiger partial charge on any atom is -0.397 e. The lowest BCUT2D eigenvalue weighted by Gasteiger charge is -2.06. The van der Waals surface area contributed by atoms with Gasteiger partial charge in [0.15, 0.2) is 0 Å². The van der Waals surface area contributed by atoms with Crippen molar-refractivity contribution in [2.75, 3.05) is 5.73 Å². The molecule has 0 spiro atoms. The van der Waals surface area contributed by atoms with Crippen molar-refractivity contribution in [1.82, 2.24) is 4.98 Å². The van der Waals surface area contributed by atoms with Crippen molar-refractivity contribution in [3.8, 4) is 0 Å². The van der Waals surface area contributed by atoms with Gasteiger partial charge in [-0.25, -0.2) is 13.8 Å². The van der Waals surface area contributed by atoms with Gasteiger partial charge in [0.25, 0.3) is 0 Å². The van der Waals surface area contributed by atoms with Gasteiger partial charge in [-0.2, -0.15) is 0 Å². The molecule has 0 aliphatic rings. The summed E-state index contributed by atoms with van der Waals surface area (Å²) in [5.74, 6) is -0.974. The first-order chi connectivity index (χ1) is 8.06. The van der Waals surface area contributed by atoms with Crippen LogP contribution in [-0.4, -0.2) is 4.98 Å². The number of aryl methyl sites for hydroxylation is 1. The largest absolute Gasteiger partial charge is 0.397 e. The average Bonchev–Trinajstić information content (AvgIpc) is 2.27. The zero-order valence-corrected chi connectivity index (χ0v) is 9.89. The van der Waals surface area contributed by atoms with E-state index >= 15 is 0 Å². The summed E-state index contributed by atoms with van der Waals surface area (Å²) in [6.07, 6.45) is 1.63. The minimum absolute atomic E-state index is 0.174. The van der Waals surface area contributed by atoms with Crippen LogP contribution in [0.15, 0.2) is 40.4 Å². The Kier molecular flexibility index (Phi) is 3.28. The first-order valence-corrected chi connectivity index (χ1v) is 5.73. The van der Waals surface area contributed by atoms with Crippen molar-refractivity contribution < 1.29 is 8.78 Å². The number of rotatable bonds is 2. The van der Waals surface area contributed by atoms with Crippen molar-refractivity contribution >= 4 is 17.4 Å². The summed E-state index contributed by atoms with van der Waals surface area (Å²) in [6.45, 7) is 1.86. The summed E-state index contributed by atoms with van der Waals surface area (Å²) in [7, 11) is 0. The maximum atomic E-state index is 13.4. The average molecular weight is 252 g/mol. The van der Waals surface area contributed by atoms with Gasteiger partial charge in [0.05, 0.1) is 10.6 Å². The van der Waals surface area contributed by atoms with E-state index in [2.05, 4.69) is 4.98 Å². The number of halogens is 2. The third kappa shape index (κ3) is 2.74. The van der Waals surface area contributed by atoms with Gasteiger partial charge in [0, 0.05) is 6.20 Å². The molecule has 1 aromatic carbocycles. The SMILES string of the molecule is Cc1cnc(Sc2cc(F)ccc2F)c(N)c1. The summed E-state index contributed by atoms with van der Waals surface area (Å²) in [4.78, 5) is 4.27. The van der Waals surface area contributed by atoms with Gasteiger partial charge in [-0.15, -0.1) is 0 Å². The number of hydrogen-bond acceptors (Lipinski definition) is 3. The molecule has 88 valence electrons. The monoisotopic (exact) mass is 252 g/mol. The van der Waals surface area contributed by atoms with Gasteiger partial charge in [0.2, 0.25) is 0 Å². The lowest BCUT2D eigenvalue weighted by molar-refractivity contribution is 0.577. The molecule has 0 atom stereocenters. The van der Waals surface area contributed by atoms with E-state index in [9.17, 15) is 8.78 Å². The molecular formula is C12H10F2N2S. The number of nitrogen functional groups attached to an aromatic ring is 1. The topological polar surface area (TPSA) is 38.9 Å². The van der Waals surface area contributed by atoms with Crippen LogP contribution in [0.4, 0.5) is 14.5 Å². The standard InChI is InChI=1S/C12H10F2N2S/c1-7-4-10(15)12(16-6-7)17-11-5-8(13)2-3-9(11)14/h2-6H,15H2,1H3. The van der Waals surface area contributed by atoms with Crippen molar-refractivity contribution in [3.63, 3.8) is 0 Å². The molecular weight excluding hydrogens is 242 g/mol. The van der Waals surface area contributed by atoms with Crippen LogP contribution in [0.3, 0.4) is 0 Å². The van der Waals surface area contributed by atoms with E-state index in [-0.39, 0.29) is 4.90 Å². The summed E-state index contributed by atoms with van der Waals surface area (Å²) in [6, 6.07) is 5.03. The van der Waals surface area contributed by atoms with Crippen molar-refractivity contribution in [2.45, 2.75) is 16.8 Å². The minimum atomic E-state index is -0.488. The fraction of sp³-hybridized carbons (Fsp3) is 0.0833. The van der Waals surface area contributed by atoms with Gasteiger partial charge in [-0.05, 0) is 36.8 Å². The van der Waals surface area contributed by atoms with Crippen LogP contribution in [0.5, 0.6) is 0 Å². The van der Waals surface area contributed by atoms with Crippen LogP contribution < -0.4 is 5.73 Å². The normalized spacial score (nSPS) is 10.5. The molecule has 5 heteroatoms. The molecule has 17 heavy (non-hydrogen) atoms. The molecule has 2 nitrogen and oxygen atoms in total. The summed E-state index contributed by atoms with van der Waals surface area (Å²) < 4.78 is 26.4.